The summed E-state index contributed by atoms with van der Waals surface area (Å²) in [6.45, 7) is 1.94. The third kappa shape index (κ3) is 4.28. The van der Waals surface area contributed by atoms with E-state index in [2.05, 4.69) is 25.6 Å². The van der Waals surface area contributed by atoms with Crippen molar-refractivity contribution in [3.8, 4) is 17.2 Å². The van der Waals surface area contributed by atoms with Crippen LogP contribution in [0.4, 0.5) is 23.1 Å². The molecule has 0 atom stereocenters. The van der Waals surface area contributed by atoms with Crippen LogP contribution in [0.2, 0.25) is 0 Å². The van der Waals surface area contributed by atoms with Crippen molar-refractivity contribution in [3.63, 3.8) is 0 Å². The van der Waals surface area contributed by atoms with E-state index in [9.17, 15) is 0 Å². The van der Waals surface area contributed by atoms with Crippen LogP contribution in [0, 0.1) is 6.92 Å². The Morgan fingerprint density at radius 2 is 1.58 bits per heavy atom. The van der Waals surface area contributed by atoms with Crippen LogP contribution >= 0.6 is 0 Å². The smallest absolute Gasteiger partial charge is 0.229 e. The largest absolute Gasteiger partial charge is 0.493 e. The van der Waals surface area contributed by atoms with Crippen LogP contribution in [0.5, 0.6) is 17.2 Å². The van der Waals surface area contributed by atoms with Gasteiger partial charge < -0.3 is 24.8 Å². The number of nitrogens with zero attached hydrogens (tertiary/aromatic N) is 3. The maximum atomic E-state index is 5.43. The molecule has 158 valence electrons. The van der Waals surface area contributed by atoms with Crippen molar-refractivity contribution in [2.75, 3.05) is 32.0 Å². The Balaban J connectivity index is 1.62. The molecule has 2 N–H and O–H groups in total. The van der Waals surface area contributed by atoms with E-state index < -0.39 is 0 Å². The Bertz CT molecular complexity index is 1200. The summed E-state index contributed by atoms with van der Waals surface area (Å²) in [5, 5.41) is 7.60. The SMILES string of the molecule is COc1cc(Nc2nc(Nc3ccc4ncccc4c3)ncc2C)cc(OC)c1OC. The second-order valence-electron chi connectivity index (χ2n) is 6.80. The number of fused-ring (bicyclic) bond motifs is 1. The minimum atomic E-state index is 0.476. The van der Waals surface area contributed by atoms with Crippen molar-refractivity contribution < 1.29 is 14.2 Å². The topological polar surface area (TPSA) is 90.4 Å². The quantitative estimate of drug-likeness (QED) is 0.441. The van der Waals surface area contributed by atoms with Gasteiger partial charge in [-0.3, -0.25) is 4.98 Å². The summed E-state index contributed by atoms with van der Waals surface area (Å²) in [5.41, 5.74) is 3.45. The predicted octanol–water partition coefficient (Wildman–Crippen LogP) is 4.85. The number of methoxy groups -OCH3 is 3. The van der Waals surface area contributed by atoms with Gasteiger partial charge in [0, 0.05) is 46.9 Å². The van der Waals surface area contributed by atoms with Gasteiger partial charge in [-0.15, -0.1) is 0 Å². The fourth-order valence-corrected chi connectivity index (χ4v) is 3.20. The molecule has 0 unspecified atom stereocenters. The van der Waals surface area contributed by atoms with E-state index in [4.69, 9.17) is 14.2 Å². The van der Waals surface area contributed by atoms with Crippen LogP contribution in [-0.2, 0) is 0 Å². The molecule has 31 heavy (non-hydrogen) atoms. The van der Waals surface area contributed by atoms with Crippen molar-refractivity contribution in [1.82, 2.24) is 15.0 Å². The van der Waals surface area contributed by atoms with Crippen molar-refractivity contribution in [2.24, 2.45) is 0 Å². The number of pyridine rings is 1. The lowest BCUT2D eigenvalue weighted by molar-refractivity contribution is 0.324. The van der Waals surface area contributed by atoms with Gasteiger partial charge in [0.15, 0.2) is 11.5 Å². The number of hydrogen-bond acceptors (Lipinski definition) is 8. The van der Waals surface area contributed by atoms with Crippen molar-refractivity contribution >= 4 is 34.0 Å². The number of nitrogens with one attached hydrogen (secondary N) is 2. The maximum Gasteiger partial charge on any atom is 0.229 e. The molecule has 4 rings (SSSR count). The number of hydrogen-bond donors (Lipinski definition) is 2. The Labute approximate surface area is 180 Å². The zero-order valence-electron chi connectivity index (χ0n) is 17.8. The van der Waals surface area contributed by atoms with E-state index in [1.807, 2.05) is 49.4 Å². The average Bonchev–Trinajstić information content (AvgIpc) is 2.80. The highest BCUT2D eigenvalue weighted by atomic mass is 16.5. The molecule has 0 radical (unpaired) electrons. The van der Waals surface area contributed by atoms with E-state index in [0.717, 1.165) is 27.8 Å². The molecule has 8 nitrogen and oxygen atoms in total. The molecule has 2 heterocycles. The van der Waals surface area contributed by atoms with Crippen molar-refractivity contribution in [1.29, 1.82) is 0 Å². The lowest BCUT2D eigenvalue weighted by Crippen LogP contribution is -2.03. The number of rotatable bonds is 7. The van der Waals surface area contributed by atoms with Crippen molar-refractivity contribution in [3.05, 3.63) is 60.4 Å². The normalized spacial score (nSPS) is 10.6. The predicted molar refractivity (Wildman–Crippen MR) is 121 cm³/mol. The van der Waals surface area contributed by atoms with Crippen LogP contribution in [0.25, 0.3) is 10.9 Å². The highest BCUT2D eigenvalue weighted by Gasteiger charge is 2.14. The number of benzene rings is 2. The summed E-state index contributed by atoms with van der Waals surface area (Å²) in [6.07, 6.45) is 3.54. The highest BCUT2D eigenvalue weighted by Crippen LogP contribution is 2.40. The monoisotopic (exact) mass is 417 g/mol. The van der Waals surface area contributed by atoms with Crippen LogP contribution < -0.4 is 24.8 Å². The Kier molecular flexibility index (Phi) is 5.70. The minimum Gasteiger partial charge on any atom is -0.493 e. The van der Waals surface area contributed by atoms with E-state index in [1.54, 1.807) is 33.7 Å². The summed E-state index contributed by atoms with van der Waals surface area (Å²) in [6, 6.07) is 13.5. The molecule has 0 aliphatic heterocycles. The first-order valence-corrected chi connectivity index (χ1v) is 9.63. The standard InChI is InChI=1S/C23H23N5O3/c1-14-13-25-23(27-16-7-8-18-15(10-16)6-5-9-24-18)28-22(14)26-17-11-19(29-2)21(31-4)20(12-17)30-3/h5-13H,1-4H3,(H2,25,26,27,28). The second kappa shape index (κ2) is 8.74. The Morgan fingerprint density at radius 3 is 2.29 bits per heavy atom. The summed E-state index contributed by atoms with van der Waals surface area (Å²) in [4.78, 5) is 13.4. The molecule has 2 aromatic heterocycles. The Morgan fingerprint density at radius 1 is 0.806 bits per heavy atom. The van der Waals surface area contributed by atoms with Gasteiger partial charge in [0.05, 0.1) is 26.8 Å². The first-order valence-electron chi connectivity index (χ1n) is 9.63. The van der Waals surface area contributed by atoms with Gasteiger partial charge in [-0.05, 0) is 31.2 Å². The Hall–Kier alpha value is -4.07. The summed E-state index contributed by atoms with van der Waals surface area (Å²) >= 11 is 0. The molecule has 0 aliphatic rings. The fraction of sp³-hybridized carbons (Fsp3) is 0.174. The van der Waals surface area contributed by atoms with Crippen LogP contribution in [0.3, 0.4) is 0 Å². The minimum absolute atomic E-state index is 0.476. The molecule has 2 aromatic carbocycles. The van der Waals surface area contributed by atoms with E-state index in [0.29, 0.717) is 29.0 Å². The number of aryl methyl sites for hydroxylation is 1. The molecule has 0 saturated heterocycles. The van der Waals surface area contributed by atoms with Gasteiger partial charge in [0.1, 0.15) is 5.82 Å². The molecular formula is C23H23N5O3. The average molecular weight is 417 g/mol. The fourth-order valence-electron chi connectivity index (χ4n) is 3.20. The number of aromatic nitrogens is 3. The lowest BCUT2D eigenvalue weighted by atomic mass is 10.2. The van der Waals surface area contributed by atoms with Gasteiger partial charge in [0.25, 0.3) is 0 Å². The molecule has 8 heteroatoms. The highest BCUT2D eigenvalue weighted by molar-refractivity contribution is 5.83. The maximum absolute atomic E-state index is 5.43. The summed E-state index contributed by atoms with van der Waals surface area (Å²) in [5.74, 6) is 2.78. The molecule has 0 amide bonds. The zero-order valence-corrected chi connectivity index (χ0v) is 17.8. The summed E-state index contributed by atoms with van der Waals surface area (Å²) in [7, 11) is 4.74. The van der Waals surface area contributed by atoms with Gasteiger partial charge >= 0.3 is 0 Å². The van der Waals surface area contributed by atoms with Crippen LogP contribution in [0.15, 0.2) is 54.9 Å². The molecule has 0 saturated carbocycles. The van der Waals surface area contributed by atoms with E-state index in [-0.39, 0.29) is 0 Å². The summed E-state index contributed by atoms with van der Waals surface area (Å²) < 4.78 is 16.2. The van der Waals surface area contributed by atoms with Gasteiger partial charge in [0.2, 0.25) is 11.7 Å². The molecule has 0 fully saturated rings. The molecule has 0 spiro atoms. The van der Waals surface area contributed by atoms with Gasteiger partial charge in [-0.1, -0.05) is 6.07 Å². The number of anilines is 4. The molecule has 0 aliphatic carbocycles. The lowest BCUT2D eigenvalue weighted by Gasteiger charge is -2.16. The van der Waals surface area contributed by atoms with Gasteiger partial charge in [-0.25, -0.2) is 4.98 Å². The van der Waals surface area contributed by atoms with E-state index >= 15 is 0 Å². The zero-order chi connectivity index (χ0) is 21.8. The molecular weight excluding hydrogens is 394 g/mol. The van der Waals surface area contributed by atoms with Crippen LogP contribution in [-0.4, -0.2) is 36.3 Å². The molecule has 0 bridgehead atoms. The number of ether oxygens (including phenoxy) is 3. The second-order valence-corrected chi connectivity index (χ2v) is 6.80. The van der Waals surface area contributed by atoms with Crippen molar-refractivity contribution in [2.45, 2.75) is 6.92 Å². The third-order valence-electron chi connectivity index (χ3n) is 4.76. The van der Waals surface area contributed by atoms with Gasteiger partial charge in [-0.2, -0.15) is 4.98 Å². The first-order chi connectivity index (χ1) is 15.1. The van der Waals surface area contributed by atoms with E-state index in [1.165, 1.54) is 0 Å². The van der Waals surface area contributed by atoms with Crippen LogP contribution in [0.1, 0.15) is 5.56 Å². The third-order valence-corrected chi connectivity index (χ3v) is 4.76. The molecule has 4 aromatic rings. The first kappa shape index (κ1) is 20.2.